The molecule has 1 N–H and O–H groups in total. The monoisotopic (exact) mass is 401 g/mol. The highest BCUT2D eigenvalue weighted by Crippen LogP contribution is 2.33. The van der Waals surface area contributed by atoms with Crippen LogP contribution in [0.5, 0.6) is 5.75 Å². The minimum atomic E-state index is -4.73. The minimum absolute atomic E-state index is 0.202. The lowest BCUT2D eigenvalue weighted by Gasteiger charge is -2.19. The quantitative estimate of drug-likeness (QED) is 0.602. The SMILES string of the molecule is CCc1nc(-c2ccc(OC(F)(F)F)cc2C)c(Cl)nc1NC(CC)CC. The number of nitrogens with one attached hydrogen (secondary N) is 1. The Morgan fingerprint density at radius 2 is 1.81 bits per heavy atom. The van der Waals surface area contributed by atoms with Crippen LogP contribution < -0.4 is 10.1 Å². The molecule has 0 fully saturated rings. The van der Waals surface area contributed by atoms with Gasteiger partial charge in [-0.25, -0.2) is 9.97 Å². The number of alkyl halides is 3. The third kappa shape index (κ3) is 5.48. The lowest BCUT2D eigenvalue weighted by molar-refractivity contribution is -0.274. The second-order valence-electron chi connectivity index (χ2n) is 6.19. The maximum Gasteiger partial charge on any atom is 0.573 e. The number of ether oxygens (including phenoxy) is 1. The highest BCUT2D eigenvalue weighted by molar-refractivity contribution is 6.32. The molecule has 0 radical (unpaired) electrons. The van der Waals surface area contributed by atoms with E-state index in [0.717, 1.165) is 18.5 Å². The van der Waals surface area contributed by atoms with Gasteiger partial charge in [0.05, 0.1) is 5.69 Å². The Morgan fingerprint density at radius 1 is 1.15 bits per heavy atom. The van der Waals surface area contributed by atoms with Crippen molar-refractivity contribution < 1.29 is 17.9 Å². The summed E-state index contributed by atoms with van der Waals surface area (Å²) in [5, 5.41) is 3.57. The molecule has 1 aromatic carbocycles. The molecule has 148 valence electrons. The van der Waals surface area contributed by atoms with Gasteiger partial charge in [0.2, 0.25) is 0 Å². The Morgan fingerprint density at radius 3 is 2.33 bits per heavy atom. The first-order valence-electron chi connectivity index (χ1n) is 8.88. The van der Waals surface area contributed by atoms with Crippen LogP contribution in [0.4, 0.5) is 19.0 Å². The van der Waals surface area contributed by atoms with E-state index in [4.69, 9.17) is 11.6 Å². The largest absolute Gasteiger partial charge is 0.573 e. The molecule has 0 aliphatic heterocycles. The Labute approximate surface area is 162 Å². The molecule has 0 atom stereocenters. The van der Waals surface area contributed by atoms with Gasteiger partial charge in [-0.1, -0.05) is 32.4 Å². The van der Waals surface area contributed by atoms with Gasteiger partial charge in [0, 0.05) is 11.6 Å². The predicted molar refractivity (Wildman–Crippen MR) is 101 cm³/mol. The number of halogens is 4. The molecular formula is C19H23ClF3N3O. The zero-order valence-corrected chi connectivity index (χ0v) is 16.5. The summed E-state index contributed by atoms with van der Waals surface area (Å²) in [6.45, 7) is 7.82. The van der Waals surface area contributed by atoms with Crippen molar-refractivity contribution in [1.29, 1.82) is 0 Å². The summed E-state index contributed by atoms with van der Waals surface area (Å²) < 4.78 is 41.1. The number of hydrogen-bond donors (Lipinski definition) is 1. The molecule has 27 heavy (non-hydrogen) atoms. The van der Waals surface area contributed by atoms with Crippen LogP contribution in [0.2, 0.25) is 5.15 Å². The lowest BCUT2D eigenvalue weighted by atomic mass is 10.1. The van der Waals surface area contributed by atoms with Gasteiger partial charge in [0.25, 0.3) is 0 Å². The van der Waals surface area contributed by atoms with Gasteiger partial charge in [0.15, 0.2) is 5.15 Å². The van der Waals surface area contributed by atoms with Gasteiger partial charge >= 0.3 is 6.36 Å². The van der Waals surface area contributed by atoms with Gasteiger partial charge in [-0.05, 0) is 49.9 Å². The van der Waals surface area contributed by atoms with Crippen LogP contribution in [0.1, 0.15) is 44.9 Å². The molecule has 0 saturated heterocycles. The van der Waals surface area contributed by atoms with Crippen LogP contribution in [-0.2, 0) is 6.42 Å². The number of rotatable bonds is 7. The molecule has 8 heteroatoms. The van der Waals surface area contributed by atoms with Crippen LogP contribution in [-0.4, -0.2) is 22.4 Å². The Bertz CT molecular complexity index is 792. The fourth-order valence-electron chi connectivity index (χ4n) is 2.77. The molecule has 2 aromatic rings. The van der Waals surface area contributed by atoms with Crippen molar-refractivity contribution in [3.8, 4) is 17.0 Å². The average molecular weight is 402 g/mol. The molecule has 0 amide bonds. The Kier molecular flexibility index (Phi) is 6.92. The third-order valence-electron chi connectivity index (χ3n) is 4.27. The van der Waals surface area contributed by atoms with Gasteiger partial charge < -0.3 is 10.1 Å². The van der Waals surface area contributed by atoms with Crippen LogP contribution >= 0.6 is 11.6 Å². The Hall–Kier alpha value is -2.02. The smallest absolute Gasteiger partial charge is 0.406 e. The molecule has 1 aromatic heterocycles. The average Bonchev–Trinajstić information content (AvgIpc) is 2.59. The zero-order chi connectivity index (χ0) is 20.2. The van der Waals surface area contributed by atoms with Gasteiger partial charge in [-0.3, -0.25) is 0 Å². The standard InChI is InChI=1S/C19H23ClF3N3O/c1-5-12(6-2)24-18-15(7-3)25-16(17(20)26-18)14-9-8-13(10-11(14)4)27-19(21,22)23/h8-10,12H,5-7H2,1-4H3,(H,24,26). The van der Waals surface area contributed by atoms with Crippen LogP contribution in [0, 0.1) is 6.92 Å². The number of nitrogens with zero attached hydrogens (tertiary/aromatic N) is 2. The first-order chi connectivity index (χ1) is 12.7. The molecule has 1 heterocycles. The van der Waals surface area contributed by atoms with E-state index in [-0.39, 0.29) is 16.9 Å². The molecule has 0 aliphatic carbocycles. The highest BCUT2D eigenvalue weighted by atomic mass is 35.5. The van der Waals surface area contributed by atoms with Crippen LogP contribution in [0.15, 0.2) is 18.2 Å². The molecular weight excluding hydrogens is 379 g/mol. The van der Waals surface area contributed by atoms with Crippen molar-refractivity contribution in [3.63, 3.8) is 0 Å². The van der Waals surface area contributed by atoms with Crippen molar-refractivity contribution in [2.45, 2.75) is 59.4 Å². The fourth-order valence-corrected chi connectivity index (χ4v) is 3.00. The minimum Gasteiger partial charge on any atom is -0.406 e. The van der Waals surface area contributed by atoms with E-state index in [1.165, 1.54) is 18.2 Å². The van der Waals surface area contributed by atoms with E-state index in [1.807, 2.05) is 6.92 Å². The summed E-state index contributed by atoms with van der Waals surface area (Å²) in [4.78, 5) is 9.09. The summed E-state index contributed by atoms with van der Waals surface area (Å²) in [7, 11) is 0. The third-order valence-corrected chi connectivity index (χ3v) is 4.54. The zero-order valence-electron chi connectivity index (χ0n) is 15.7. The first-order valence-corrected chi connectivity index (χ1v) is 9.25. The number of aromatic nitrogens is 2. The van der Waals surface area contributed by atoms with Gasteiger partial charge in [0.1, 0.15) is 17.3 Å². The normalized spacial score (nSPS) is 11.7. The Balaban J connectivity index is 2.41. The summed E-state index contributed by atoms with van der Waals surface area (Å²) in [5.74, 6) is 0.366. The van der Waals surface area contributed by atoms with E-state index >= 15 is 0 Å². The van der Waals surface area contributed by atoms with Crippen molar-refractivity contribution in [2.24, 2.45) is 0 Å². The lowest BCUT2D eigenvalue weighted by Crippen LogP contribution is -2.20. The van der Waals surface area contributed by atoms with Crippen molar-refractivity contribution >= 4 is 17.4 Å². The van der Waals surface area contributed by atoms with Gasteiger partial charge in [-0.15, -0.1) is 13.2 Å². The summed E-state index contributed by atoms with van der Waals surface area (Å²) in [5.41, 5.74) is 2.39. The number of anilines is 1. The van der Waals surface area contributed by atoms with E-state index in [9.17, 15) is 13.2 Å². The molecule has 0 bridgehead atoms. The summed E-state index contributed by atoms with van der Waals surface area (Å²) in [6, 6.07) is 4.34. The fraction of sp³-hybridized carbons (Fsp3) is 0.474. The van der Waals surface area contributed by atoms with E-state index in [0.29, 0.717) is 29.1 Å². The van der Waals surface area contributed by atoms with Crippen molar-refractivity contribution in [3.05, 3.63) is 34.6 Å². The first kappa shape index (κ1) is 21.3. The molecule has 0 unspecified atom stereocenters. The molecule has 2 rings (SSSR count). The maximum absolute atomic E-state index is 12.4. The van der Waals surface area contributed by atoms with Crippen LogP contribution in [0.25, 0.3) is 11.3 Å². The topological polar surface area (TPSA) is 47.0 Å². The van der Waals surface area contributed by atoms with Gasteiger partial charge in [-0.2, -0.15) is 0 Å². The number of aryl methyl sites for hydroxylation is 2. The highest BCUT2D eigenvalue weighted by Gasteiger charge is 2.31. The predicted octanol–water partition coefficient (Wildman–Crippen LogP) is 6.17. The second kappa shape index (κ2) is 8.78. The van der Waals surface area contributed by atoms with Crippen LogP contribution in [0.3, 0.4) is 0 Å². The number of benzene rings is 1. The maximum atomic E-state index is 12.4. The van der Waals surface area contributed by atoms with Crippen molar-refractivity contribution in [2.75, 3.05) is 5.32 Å². The molecule has 0 saturated carbocycles. The van der Waals surface area contributed by atoms with Crippen molar-refractivity contribution in [1.82, 2.24) is 9.97 Å². The number of hydrogen-bond acceptors (Lipinski definition) is 4. The van der Waals surface area contributed by atoms with E-state index in [2.05, 4.69) is 33.9 Å². The molecule has 4 nitrogen and oxygen atoms in total. The molecule has 0 spiro atoms. The second-order valence-corrected chi connectivity index (χ2v) is 6.55. The summed E-state index contributed by atoms with van der Waals surface area (Å²) >= 11 is 6.36. The van der Waals surface area contributed by atoms with E-state index in [1.54, 1.807) is 6.92 Å². The summed E-state index contributed by atoms with van der Waals surface area (Å²) in [6.07, 6.45) is -2.20. The molecule has 0 aliphatic rings. The van der Waals surface area contributed by atoms with E-state index < -0.39 is 6.36 Å².